The number of amides is 1. The first-order chi connectivity index (χ1) is 13.7. The van der Waals surface area contributed by atoms with Crippen molar-refractivity contribution in [1.82, 2.24) is 15.0 Å². The van der Waals surface area contributed by atoms with Gasteiger partial charge in [-0.25, -0.2) is 4.39 Å². The van der Waals surface area contributed by atoms with Gasteiger partial charge in [-0.2, -0.15) is 4.98 Å². The number of benzene rings is 2. The van der Waals surface area contributed by atoms with Crippen molar-refractivity contribution in [3.8, 4) is 17.1 Å². The molecule has 0 radical (unpaired) electrons. The lowest BCUT2D eigenvalue weighted by molar-refractivity contribution is -0.129. The molecular weight excluding hydrogens is 361 g/mol. The molecule has 3 aromatic rings. The smallest absolute Gasteiger partial charge is 0.249 e. The summed E-state index contributed by atoms with van der Waals surface area (Å²) in [5.41, 5.74) is 1.59. The predicted molar refractivity (Wildman–Crippen MR) is 99.8 cm³/mol. The summed E-state index contributed by atoms with van der Waals surface area (Å²) < 4.78 is 24.3. The standard InChI is InChI=1S/C21H20FN3O3/c1-2-27-18-6-4-3-5-16(18)20-23-21(28-24-20)17-11-12-19(26)25(17)13-14-7-9-15(22)10-8-14/h3-10,17H,2,11-13H2,1H3. The Morgan fingerprint density at radius 3 is 2.79 bits per heavy atom. The molecule has 1 fully saturated rings. The van der Waals surface area contributed by atoms with Gasteiger partial charge in [-0.05, 0) is 43.2 Å². The molecule has 0 N–H and O–H groups in total. The highest BCUT2D eigenvalue weighted by atomic mass is 19.1. The number of halogens is 1. The molecular formula is C21H20FN3O3. The van der Waals surface area contributed by atoms with Crippen molar-refractivity contribution in [3.63, 3.8) is 0 Å². The molecule has 1 aromatic heterocycles. The Bertz CT molecular complexity index is 971. The minimum Gasteiger partial charge on any atom is -0.493 e. The number of rotatable bonds is 6. The van der Waals surface area contributed by atoms with Gasteiger partial charge in [0.25, 0.3) is 0 Å². The van der Waals surface area contributed by atoms with E-state index in [0.717, 1.165) is 11.1 Å². The fourth-order valence-electron chi connectivity index (χ4n) is 3.39. The molecule has 2 heterocycles. The summed E-state index contributed by atoms with van der Waals surface area (Å²) in [5.74, 6) is 1.23. The van der Waals surface area contributed by atoms with E-state index in [4.69, 9.17) is 9.26 Å². The van der Waals surface area contributed by atoms with Crippen molar-refractivity contribution in [1.29, 1.82) is 0 Å². The molecule has 1 aliphatic rings. The van der Waals surface area contributed by atoms with Crippen LogP contribution in [-0.4, -0.2) is 27.6 Å². The summed E-state index contributed by atoms with van der Waals surface area (Å²) in [6.07, 6.45) is 1.02. The number of aromatic nitrogens is 2. The Morgan fingerprint density at radius 1 is 1.21 bits per heavy atom. The first-order valence-electron chi connectivity index (χ1n) is 9.25. The maximum Gasteiger partial charge on any atom is 0.249 e. The number of nitrogens with zero attached hydrogens (tertiary/aromatic N) is 3. The Balaban J connectivity index is 1.58. The molecule has 1 amide bonds. The quantitative estimate of drug-likeness (QED) is 0.642. The van der Waals surface area contributed by atoms with Crippen molar-refractivity contribution < 1.29 is 18.4 Å². The molecule has 0 spiro atoms. The second-order valence-corrected chi connectivity index (χ2v) is 6.59. The molecule has 0 saturated carbocycles. The number of carbonyl (C=O) groups excluding carboxylic acids is 1. The van der Waals surface area contributed by atoms with Gasteiger partial charge < -0.3 is 14.2 Å². The zero-order valence-corrected chi connectivity index (χ0v) is 15.5. The predicted octanol–water partition coefficient (Wildman–Crippen LogP) is 4.14. The van der Waals surface area contributed by atoms with E-state index in [2.05, 4.69) is 10.1 Å². The number of carbonyl (C=O) groups is 1. The van der Waals surface area contributed by atoms with E-state index >= 15 is 0 Å². The van der Waals surface area contributed by atoms with Gasteiger partial charge in [0, 0.05) is 13.0 Å². The third-order valence-corrected chi connectivity index (χ3v) is 4.75. The zero-order chi connectivity index (χ0) is 19.5. The van der Waals surface area contributed by atoms with Crippen LogP contribution in [0.15, 0.2) is 53.1 Å². The Hall–Kier alpha value is -3.22. The summed E-state index contributed by atoms with van der Waals surface area (Å²) in [6, 6.07) is 13.3. The number of ether oxygens (including phenoxy) is 1. The average Bonchev–Trinajstić information content (AvgIpc) is 3.32. The highest BCUT2D eigenvalue weighted by Gasteiger charge is 2.36. The van der Waals surface area contributed by atoms with Gasteiger partial charge in [0.1, 0.15) is 17.6 Å². The normalized spacial score (nSPS) is 16.6. The lowest BCUT2D eigenvalue weighted by Crippen LogP contribution is -2.27. The van der Waals surface area contributed by atoms with Crippen molar-refractivity contribution >= 4 is 5.91 Å². The number of para-hydroxylation sites is 1. The van der Waals surface area contributed by atoms with Gasteiger partial charge in [-0.15, -0.1) is 0 Å². The van der Waals surface area contributed by atoms with Crippen molar-refractivity contribution in [2.24, 2.45) is 0 Å². The molecule has 144 valence electrons. The second-order valence-electron chi connectivity index (χ2n) is 6.59. The van der Waals surface area contributed by atoms with E-state index in [0.29, 0.717) is 43.5 Å². The molecule has 0 bridgehead atoms. The molecule has 0 aliphatic carbocycles. The van der Waals surface area contributed by atoms with Crippen LogP contribution in [0, 0.1) is 5.82 Å². The van der Waals surface area contributed by atoms with Gasteiger partial charge in [0.15, 0.2) is 0 Å². The fourth-order valence-corrected chi connectivity index (χ4v) is 3.39. The largest absolute Gasteiger partial charge is 0.493 e. The zero-order valence-electron chi connectivity index (χ0n) is 15.5. The van der Waals surface area contributed by atoms with Gasteiger partial charge in [0.2, 0.25) is 17.6 Å². The van der Waals surface area contributed by atoms with E-state index in [1.165, 1.54) is 12.1 Å². The monoisotopic (exact) mass is 381 g/mol. The lowest BCUT2D eigenvalue weighted by Gasteiger charge is -2.22. The van der Waals surface area contributed by atoms with Crippen LogP contribution in [0.25, 0.3) is 11.4 Å². The fraction of sp³-hybridized carbons (Fsp3) is 0.286. The lowest BCUT2D eigenvalue weighted by atomic mass is 10.1. The molecule has 1 unspecified atom stereocenters. The number of likely N-dealkylation sites (tertiary alicyclic amines) is 1. The van der Waals surface area contributed by atoms with Crippen LogP contribution in [0.1, 0.15) is 37.3 Å². The molecule has 4 rings (SSSR count). The molecule has 1 aliphatic heterocycles. The Morgan fingerprint density at radius 2 is 2.00 bits per heavy atom. The van der Waals surface area contributed by atoms with Crippen LogP contribution < -0.4 is 4.74 Å². The Labute approximate surface area is 161 Å². The van der Waals surface area contributed by atoms with Gasteiger partial charge in [-0.1, -0.05) is 29.4 Å². The van der Waals surface area contributed by atoms with Gasteiger partial charge in [0.05, 0.1) is 12.2 Å². The van der Waals surface area contributed by atoms with Crippen LogP contribution in [0.5, 0.6) is 5.75 Å². The van der Waals surface area contributed by atoms with Crippen LogP contribution in [0.3, 0.4) is 0 Å². The van der Waals surface area contributed by atoms with Crippen molar-refractivity contribution in [3.05, 3.63) is 65.8 Å². The topological polar surface area (TPSA) is 68.5 Å². The third-order valence-electron chi connectivity index (χ3n) is 4.75. The third kappa shape index (κ3) is 3.60. The van der Waals surface area contributed by atoms with Crippen molar-refractivity contribution in [2.45, 2.75) is 32.4 Å². The summed E-state index contributed by atoms with van der Waals surface area (Å²) in [7, 11) is 0. The number of hydrogen-bond donors (Lipinski definition) is 0. The maximum absolute atomic E-state index is 13.1. The van der Waals surface area contributed by atoms with E-state index in [1.54, 1.807) is 17.0 Å². The minimum atomic E-state index is -0.303. The summed E-state index contributed by atoms with van der Waals surface area (Å²) in [4.78, 5) is 18.6. The van der Waals surface area contributed by atoms with Gasteiger partial charge >= 0.3 is 0 Å². The first-order valence-corrected chi connectivity index (χ1v) is 9.25. The summed E-state index contributed by atoms with van der Waals surface area (Å²) >= 11 is 0. The SMILES string of the molecule is CCOc1ccccc1-c1noc(C2CCC(=O)N2Cc2ccc(F)cc2)n1. The van der Waals surface area contributed by atoms with E-state index in [-0.39, 0.29) is 17.8 Å². The minimum absolute atomic E-state index is 0.0174. The van der Waals surface area contributed by atoms with E-state index in [9.17, 15) is 9.18 Å². The van der Waals surface area contributed by atoms with E-state index < -0.39 is 0 Å². The van der Waals surface area contributed by atoms with Crippen LogP contribution in [0.2, 0.25) is 0 Å². The highest BCUT2D eigenvalue weighted by Crippen LogP contribution is 2.35. The van der Waals surface area contributed by atoms with Crippen LogP contribution in [-0.2, 0) is 11.3 Å². The van der Waals surface area contributed by atoms with Gasteiger partial charge in [-0.3, -0.25) is 4.79 Å². The van der Waals surface area contributed by atoms with E-state index in [1.807, 2.05) is 31.2 Å². The van der Waals surface area contributed by atoms with Crippen LogP contribution in [0.4, 0.5) is 4.39 Å². The molecule has 1 saturated heterocycles. The van der Waals surface area contributed by atoms with Crippen molar-refractivity contribution in [2.75, 3.05) is 6.61 Å². The molecule has 1 atom stereocenters. The molecule has 28 heavy (non-hydrogen) atoms. The molecule has 6 nitrogen and oxygen atoms in total. The average molecular weight is 381 g/mol. The summed E-state index contributed by atoms with van der Waals surface area (Å²) in [5, 5.41) is 4.10. The second kappa shape index (κ2) is 7.80. The first kappa shape index (κ1) is 18.2. The summed E-state index contributed by atoms with van der Waals surface area (Å²) in [6.45, 7) is 2.82. The molecule has 7 heteroatoms. The number of hydrogen-bond acceptors (Lipinski definition) is 5. The maximum atomic E-state index is 13.1. The highest BCUT2D eigenvalue weighted by molar-refractivity contribution is 5.79. The molecule has 2 aromatic carbocycles. The van der Waals surface area contributed by atoms with Crippen LogP contribution >= 0.6 is 0 Å². The Kier molecular flexibility index (Phi) is 5.06.